The zero-order valence-corrected chi connectivity index (χ0v) is 59.0. The Balaban J connectivity index is 0.000000146. The number of anilines is 2. The second-order valence-corrected chi connectivity index (χ2v) is 30.6. The van der Waals surface area contributed by atoms with Gasteiger partial charge in [0.1, 0.15) is 24.7 Å². The molecule has 14 rings (SSSR count). The number of aromatic amines is 3. The van der Waals surface area contributed by atoms with Crippen molar-refractivity contribution in [3.8, 4) is 55.4 Å². The van der Waals surface area contributed by atoms with Crippen molar-refractivity contribution in [3.63, 3.8) is 0 Å². The van der Waals surface area contributed by atoms with E-state index in [1.165, 1.54) is 22.8 Å². The molecule has 0 atom stereocenters. The number of hydrogen-bond acceptors (Lipinski definition) is 18. The third kappa shape index (κ3) is 16.2. The molecular weight excluding hydrogens is 1350 g/mol. The number of aryl methyl sites for hydroxylation is 3. The van der Waals surface area contributed by atoms with Crippen molar-refractivity contribution in [3.05, 3.63) is 158 Å². The molecule has 5 aromatic heterocycles. The van der Waals surface area contributed by atoms with Gasteiger partial charge in [0.05, 0.1) is 77.2 Å². The fourth-order valence-corrected chi connectivity index (χ4v) is 18.3. The standard InChI is InChI=1S/C28H26N4O4S2.C17H12N2OS.C11H18N2O4S.C7H10ClNO3S.C4H9NO/c1-17-24(29-18(2)26(17)38(34,35)32-10-12-36-13-11-32)15-22-21-14-20(8-9-23(21)30-27(22)33)25-16-37-28(31-25)19-6-4-3-5-7-19;20-16-9-13-8-12(6-7-14(13)18-16)15-10-21-17(19-15)11-4-2-1-3-5-11;1-8-10(9(2)12-11(8)16-3)18(14,15)13-4-6-17-7-5-13;1-4-6(13(8,10)11)5(2)9-7(4)12-3;1-3-6-4-2-5-1/h3-9,14-16,29H,10-13H2,1-2H3,(H,30,33);1-8,10H,9H2,(H,18,20);12H,4-7H2,1-3H3;9H,1-3H3;5H,1-4H2/b22-15-;;;;. The van der Waals surface area contributed by atoms with E-state index in [1.54, 1.807) is 70.3 Å². The van der Waals surface area contributed by atoms with Crippen molar-refractivity contribution >= 4 is 97.3 Å². The maximum absolute atomic E-state index is 13.4. The van der Waals surface area contributed by atoms with Gasteiger partial charge in [-0.2, -0.15) is 8.61 Å². The van der Waals surface area contributed by atoms with Gasteiger partial charge in [0.15, 0.2) is 11.8 Å². The maximum atomic E-state index is 13.4. The number of morpholine rings is 3. The molecule has 5 aliphatic rings. The van der Waals surface area contributed by atoms with Gasteiger partial charge >= 0.3 is 0 Å². The molecule has 0 saturated carbocycles. The highest BCUT2D eigenvalue weighted by Gasteiger charge is 2.34. The molecule has 29 heteroatoms. The summed E-state index contributed by atoms with van der Waals surface area (Å²) in [5.74, 6) is 0.756. The topological polar surface area (TPSA) is 298 Å². The molecule has 10 heterocycles. The van der Waals surface area contributed by atoms with Crippen LogP contribution in [0.1, 0.15) is 50.6 Å². The van der Waals surface area contributed by atoms with Crippen LogP contribution in [0.5, 0.6) is 11.8 Å². The predicted molar refractivity (Wildman–Crippen MR) is 375 cm³/mol. The fraction of sp³-hybridized carbons (Fsp3) is 0.313. The number of halogens is 1. The van der Waals surface area contributed by atoms with E-state index in [4.69, 9.17) is 44.3 Å². The van der Waals surface area contributed by atoms with Crippen LogP contribution in [0.4, 0.5) is 11.4 Å². The predicted octanol–water partition coefficient (Wildman–Crippen LogP) is 10.7. The number of hydrogen-bond donors (Lipinski definition) is 6. The number of fused-ring (bicyclic) bond motifs is 2. The van der Waals surface area contributed by atoms with Crippen molar-refractivity contribution in [1.29, 1.82) is 0 Å². The van der Waals surface area contributed by atoms with Gasteiger partial charge in [-0.3, -0.25) is 9.59 Å². The number of thiazole rings is 2. The summed E-state index contributed by atoms with van der Waals surface area (Å²) in [6, 6.07) is 32.0. The highest BCUT2D eigenvalue weighted by molar-refractivity contribution is 8.13. The summed E-state index contributed by atoms with van der Waals surface area (Å²) in [6.07, 6.45) is 2.20. The van der Waals surface area contributed by atoms with Crippen LogP contribution in [0.25, 0.3) is 55.3 Å². The van der Waals surface area contributed by atoms with Gasteiger partial charge in [-0.05, 0) is 83.0 Å². The van der Waals surface area contributed by atoms with Crippen molar-refractivity contribution in [2.45, 2.75) is 62.6 Å². The molecule has 0 aliphatic carbocycles. The van der Waals surface area contributed by atoms with E-state index >= 15 is 0 Å². The number of methoxy groups -OCH3 is 2. The van der Waals surface area contributed by atoms with E-state index in [2.05, 4.69) is 54.5 Å². The summed E-state index contributed by atoms with van der Waals surface area (Å²) in [4.78, 5) is 43.5. The number of rotatable bonds is 12. The second-order valence-electron chi connectivity index (χ2n) is 22.6. The quantitative estimate of drug-likeness (QED) is 0.0489. The Morgan fingerprint density at radius 3 is 1.46 bits per heavy atom. The molecule has 3 fully saturated rings. The molecule has 0 unspecified atom stereocenters. The monoisotopic (exact) mass is 1420 g/mol. The van der Waals surface area contributed by atoms with Gasteiger partial charge in [-0.15, -0.1) is 22.7 Å². The number of nitrogens with one attached hydrogen (secondary N) is 6. The first-order chi connectivity index (χ1) is 46.0. The maximum Gasteiger partial charge on any atom is 0.263 e. The number of carbonyl (C=O) groups is 2. The molecule has 6 N–H and O–H groups in total. The Morgan fingerprint density at radius 2 is 1.00 bits per heavy atom. The molecule has 508 valence electrons. The number of carbonyl (C=O) groups excluding carboxylic acids is 2. The van der Waals surface area contributed by atoms with Gasteiger partial charge < -0.3 is 54.6 Å². The fourth-order valence-electron chi connectivity index (χ4n) is 11.5. The van der Waals surface area contributed by atoms with Gasteiger partial charge in [-0.1, -0.05) is 72.8 Å². The summed E-state index contributed by atoms with van der Waals surface area (Å²) in [7, 11) is -2.64. The third-order valence-electron chi connectivity index (χ3n) is 16.2. The number of aromatic nitrogens is 5. The molecule has 0 spiro atoms. The van der Waals surface area contributed by atoms with Crippen LogP contribution in [0.2, 0.25) is 0 Å². The summed E-state index contributed by atoms with van der Waals surface area (Å²) in [5, 5.41) is 15.0. The van der Waals surface area contributed by atoms with Crippen molar-refractivity contribution in [2.75, 3.05) is 104 Å². The Bertz CT molecular complexity index is 4630. The van der Waals surface area contributed by atoms with E-state index < -0.39 is 29.1 Å². The Labute approximate surface area is 571 Å². The lowest BCUT2D eigenvalue weighted by atomic mass is 10.0. The Kier molecular flexibility index (Phi) is 23.0. The molecule has 0 radical (unpaired) electrons. The van der Waals surface area contributed by atoms with Gasteiger partial charge in [-0.25, -0.2) is 35.2 Å². The molecule has 96 heavy (non-hydrogen) atoms. The largest absolute Gasteiger partial charge is 0.482 e. The van der Waals surface area contributed by atoms with Crippen molar-refractivity contribution < 1.29 is 58.5 Å². The SMILES string of the molecule is C1COCCN1.COc1[nH]c(C)c(S(=O)(=O)Cl)c1C.COc1[nH]c(C)c(S(=O)(=O)N2CCOCC2)c1C.Cc1[nH]c(/C=C2\C(=O)Nc3ccc(-c4csc(-c5ccccc5)n4)cc32)c(C)c1S(=O)(=O)N1CCOCC1.O=C1Cc2cc(-c3csc(-c4ccccc4)n3)ccc2N1. The van der Waals surface area contributed by atoms with Crippen LogP contribution >= 0.6 is 33.4 Å². The minimum Gasteiger partial charge on any atom is -0.482 e. The van der Waals surface area contributed by atoms with E-state index in [9.17, 15) is 34.8 Å². The molecule has 23 nitrogen and oxygen atoms in total. The normalized spacial score (nSPS) is 16.1. The van der Waals surface area contributed by atoms with Gasteiger partial charge in [0, 0.05) is 134 Å². The Hall–Kier alpha value is -7.84. The third-order valence-corrected chi connectivity index (χ3v) is 23.8. The average molecular weight is 1420 g/mol. The first-order valence-corrected chi connectivity index (χ1v) is 37.6. The number of nitrogens with zero attached hydrogens (tertiary/aromatic N) is 4. The van der Waals surface area contributed by atoms with E-state index in [-0.39, 0.29) is 21.6 Å². The number of benzene rings is 4. The van der Waals surface area contributed by atoms with Crippen LogP contribution in [-0.4, -0.2) is 164 Å². The molecule has 0 bridgehead atoms. The van der Waals surface area contributed by atoms with Gasteiger partial charge in [0.25, 0.3) is 15.0 Å². The highest BCUT2D eigenvalue weighted by atomic mass is 35.7. The molecular formula is C67H75ClN10O13S5. The lowest BCUT2D eigenvalue weighted by Gasteiger charge is -2.26. The summed E-state index contributed by atoms with van der Waals surface area (Å²) < 4.78 is 103. The zero-order chi connectivity index (χ0) is 68.5. The summed E-state index contributed by atoms with van der Waals surface area (Å²) in [6.45, 7) is 17.2. The van der Waals surface area contributed by atoms with Gasteiger partial charge in [0.2, 0.25) is 26.0 Å². The van der Waals surface area contributed by atoms with Crippen LogP contribution in [-0.2, 0) is 59.3 Å². The van der Waals surface area contributed by atoms with Crippen molar-refractivity contribution in [1.82, 2.24) is 38.8 Å². The molecule has 9 aromatic rings. The smallest absolute Gasteiger partial charge is 0.263 e. The lowest BCUT2D eigenvalue weighted by Crippen LogP contribution is -2.40. The highest BCUT2D eigenvalue weighted by Crippen LogP contribution is 2.40. The van der Waals surface area contributed by atoms with E-state index in [0.29, 0.717) is 126 Å². The molecule has 2 amide bonds. The first kappa shape index (κ1) is 70.9. The molecule has 3 saturated heterocycles. The molecule has 5 aliphatic heterocycles. The average Bonchev–Trinajstić information content (AvgIpc) is 1.60. The number of sulfonamides is 2. The first-order valence-electron chi connectivity index (χ1n) is 30.7. The van der Waals surface area contributed by atoms with Crippen LogP contribution < -0.4 is 25.4 Å². The minimum atomic E-state index is -3.69. The summed E-state index contributed by atoms with van der Waals surface area (Å²) >= 11 is 3.21. The van der Waals surface area contributed by atoms with Crippen LogP contribution in [0, 0.1) is 41.5 Å². The second kappa shape index (κ2) is 31.1. The molecule has 4 aromatic carbocycles. The number of H-pyrrole nitrogens is 3. The van der Waals surface area contributed by atoms with E-state index in [1.807, 2.05) is 84.2 Å². The summed E-state index contributed by atoms with van der Waals surface area (Å²) in [5.41, 5.74) is 13.8. The Morgan fingerprint density at radius 1 is 0.542 bits per heavy atom. The van der Waals surface area contributed by atoms with Crippen LogP contribution in [0.3, 0.4) is 0 Å². The minimum absolute atomic E-state index is 0.0606. The lowest BCUT2D eigenvalue weighted by molar-refractivity contribution is -0.115. The number of ether oxygens (including phenoxy) is 5. The zero-order valence-electron chi connectivity index (χ0n) is 54.2. The van der Waals surface area contributed by atoms with E-state index in [0.717, 1.165) is 86.8 Å². The number of amides is 2. The van der Waals surface area contributed by atoms with Crippen LogP contribution in [0.15, 0.2) is 123 Å². The van der Waals surface area contributed by atoms with Crippen molar-refractivity contribution in [2.24, 2.45) is 0 Å².